The number of hydrogen-bond acceptors (Lipinski definition) is 3. The lowest BCUT2D eigenvalue weighted by atomic mass is 10.0. The van der Waals surface area contributed by atoms with Crippen LogP contribution >= 0.6 is 0 Å². The van der Waals surface area contributed by atoms with Crippen molar-refractivity contribution in [1.82, 2.24) is 24.8 Å². The third-order valence-corrected chi connectivity index (χ3v) is 5.77. The number of carbonyl (C=O) groups is 1. The van der Waals surface area contributed by atoms with Gasteiger partial charge < -0.3 is 10.3 Å². The van der Waals surface area contributed by atoms with Crippen molar-refractivity contribution in [2.75, 3.05) is 0 Å². The predicted octanol–water partition coefficient (Wildman–Crippen LogP) is 4.64. The monoisotopic (exact) mass is 435 g/mol. The molecule has 0 spiro atoms. The Balaban J connectivity index is 1.38. The summed E-state index contributed by atoms with van der Waals surface area (Å²) in [5.74, 6) is -0.109. The predicted molar refractivity (Wildman–Crippen MR) is 129 cm³/mol. The van der Waals surface area contributed by atoms with E-state index in [1.54, 1.807) is 18.9 Å². The summed E-state index contributed by atoms with van der Waals surface area (Å²) in [7, 11) is 0. The van der Waals surface area contributed by atoms with Crippen molar-refractivity contribution in [3.05, 3.63) is 114 Å². The molecule has 1 unspecified atom stereocenters. The molecule has 1 atom stereocenters. The van der Waals surface area contributed by atoms with Crippen LogP contribution in [-0.2, 0) is 12.8 Å². The summed E-state index contributed by atoms with van der Waals surface area (Å²) in [5.41, 5.74) is 6.76. The van der Waals surface area contributed by atoms with Gasteiger partial charge in [-0.15, -0.1) is 0 Å². The van der Waals surface area contributed by atoms with E-state index in [1.807, 2.05) is 47.0 Å². The van der Waals surface area contributed by atoms with Crippen molar-refractivity contribution < 1.29 is 4.79 Å². The molecule has 6 nitrogen and oxygen atoms in total. The van der Waals surface area contributed by atoms with E-state index >= 15 is 0 Å². The number of fused-ring (bicyclic) bond motifs is 1. The topological polar surface area (TPSA) is 75.6 Å². The van der Waals surface area contributed by atoms with Gasteiger partial charge in [0, 0.05) is 35.6 Å². The Labute approximate surface area is 192 Å². The smallest absolute Gasteiger partial charge is 0.251 e. The van der Waals surface area contributed by atoms with E-state index in [4.69, 9.17) is 0 Å². The molecule has 0 fully saturated rings. The normalized spacial score (nSPS) is 12.0. The number of nitrogens with one attached hydrogen (secondary N) is 2. The molecule has 5 aromatic rings. The molecule has 5 rings (SSSR count). The zero-order chi connectivity index (χ0) is 22.6. The first kappa shape index (κ1) is 20.7. The highest BCUT2D eigenvalue weighted by atomic mass is 16.1. The zero-order valence-corrected chi connectivity index (χ0v) is 18.4. The number of nitrogens with zero attached hydrogens (tertiary/aromatic N) is 3. The van der Waals surface area contributed by atoms with Crippen LogP contribution in [0.4, 0.5) is 0 Å². The summed E-state index contributed by atoms with van der Waals surface area (Å²) in [6, 6.07) is 24.1. The summed E-state index contributed by atoms with van der Waals surface area (Å²) < 4.78 is 2.04. The van der Waals surface area contributed by atoms with Gasteiger partial charge in [-0.3, -0.25) is 9.36 Å². The Hall–Kier alpha value is -4.19. The van der Waals surface area contributed by atoms with Gasteiger partial charge in [0.15, 0.2) is 0 Å². The fraction of sp³-hybridized carbons (Fsp3) is 0.148. The van der Waals surface area contributed by atoms with Crippen molar-refractivity contribution in [3.8, 4) is 5.69 Å². The maximum Gasteiger partial charge on any atom is 0.251 e. The number of imidazole rings is 2. The molecule has 0 radical (unpaired) electrons. The second-order valence-corrected chi connectivity index (χ2v) is 8.30. The van der Waals surface area contributed by atoms with E-state index in [2.05, 4.69) is 57.5 Å². The van der Waals surface area contributed by atoms with E-state index in [0.29, 0.717) is 12.0 Å². The molecule has 2 heterocycles. The average molecular weight is 436 g/mol. The molecule has 0 aliphatic rings. The van der Waals surface area contributed by atoms with Crippen LogP contribution in [-0.4, -0.2) is 31.5 Å². The van der Waals surface area contributed by atoms with Crippen LogP contribution in [0.1, 0.15) is 27.2 Å². The molecule has 0 aliphatic carbocycles. The number of H-pyrrole nitrogens is 1. The molecule has 0 aliphatic heterocycles. The summed E-state index contributed by atoms with van der Waals surface area (Å²) in [5, 5.41) is 3.21. The largest absolute Gasteiger partial charge is 0.349 e. The van der Waals surface area contributed by atoms with Gasteiger partial charge in [0.1, 0.15) is 6.33 Å². The minimum Gasteiger partial charge on any atom is -0.349 e. The van der Waals surface area contributed by atoms with Gasteiger partial charge in [-0.1, -0.05) is 42.5 Å². The van der Waals surface area contributed by atoms with E-state index < -0.39 is 0 Å². The lowest BCUT2D eigenvalue weighted by molar-refractivity contribution is 0.0936. The Morgan fingerprint density at radius 3 is 2.70 bits per heavy atom. The summed E-state index contributed by atoms with van der Waals surface area (Å²) in [6.07, 6.45) is 6.67. The average Bonchev–Trinajstić information content (AvgIpc) is 3.49. The maximum absolute atomic E-state index is 13.2. The molecule has 0 bridgehead atoms. The number of rotatable bonds is 7. The lowest BCUT2D eigenvalue weighted by Crippen LogP contribution is -2.38. The molecule has 164 valence electrons. The molecule has 0 saturated heterocycles. The van der Waals surface area contributed by atoms with Crippen molar-refractivity contribution in [2.45, 2.75) is 25.8 Å². The van der Waals surface area contributed by atoms with Gasteiger partial charge in [-0.25, -0.2) is 9.97 Å². The molecule has 2 N–H and O–H groups in total. The minimum atomic E-state index is -0.109. The first-order valence-electron chi connectivity index (χ1n) is 11.0. The zero-order valence-electron chi connectivity index (χ0n) is 18.4. The fourth-order valence-corrected chi connectivity index (χ4v) is 4.14. The molecule has 6 heteroatoms. The first-order valence-corrected chi connectivity index (χ1v) is 11.0. The number of aromatic nitrogens is 4. The van der Waals surface area contributed by atoms with Crippen molar-refractivity contribution in [2.24, 2.45) is 0 Å². The standard InChI is InChI=1S/C27H25N5O/c1-19-6-5-9-24(12-19)32-18-30-25-14-21(10-11-26(25)32)27(33)31-22(15-23-16-28-17-29-23)13-20-7-3-2-4-8-20/h2-12,14,16-18,22H,13,15H2,1H3,(H,28,29)(H,31,33). The van der Waals surface area contributed by atoms with Crippen molar-refractivity contribution in [1.29, 1.82) is 0 Å². The summed E-state index contributed by atoms with van der Waals surface area (Å²) >= 11 is 0. The van der Waals surface area contributed by atoms with Gasteiger partial charge in [-0.05, 0) is 54.8 Å². The lowest BCUT2D eigenvalue weighted by Gasteiger charge is -2.18. The van der Waals surface area contributed by atoms with E-state index in [9.17, 15) is 4.79 Å². The molecule has 3 aromatic carbocycles. The number of amides is 1. The van der Waals surface area contributed by atoms with Crippen LogP contribution in [0.5, 0.6) is 0 Å². The highest BCUT2D eigenvalue weighted by Crippen LogP contribution is 2.20. The van der Waals surface area contributed by atoms with Crippen LogP contribution in [0.25, 0.3) is 16.7 Å². The highest BCUT2D eigenvalue weighted by Gasteiger charge is 2.17. The maximum atomic E-state index is 13.2. The number of aromatic amines is 1. The van der Waals surface area contributed by atoms with Crippen LogP contribution in [0.3, 0.4) is 0 Å². The minimum absolute atomic E-state index is 0.0686. The second kappa shape index (κ2) is 9.12. The Bertz CT molecular complexity index is 1370. The highest BCUT2D eigenvalue weighted by molar-refractivity contribution is 5.97. The van der Waals surface area contributed by atoms with Crippen LogP contribution in [0, 0.1) is 6.92 Å². The third kappa shape index (κ3) is 4.70. The van der Waals surface area contributed by atoms with Crippen LogP contribution < -0.4 is 5.32 Å². The number of benzene rings is 3. The first-order chi connectivity index (χ1) is 16.2. The third-order valence-electron chi connectivity index (χ3n) is 5.77. The fourth-order valence-electron chi connectivity index (χ4n) is 4.14. The van der Waals surface area contributed by atoms with Crippen LogP contribution in [0.2, 0.25) is 0 Å². The summed E-state index contributed by atoms with van der Waals surface area (Å²) in [4.78, 5) is 25.0. The van der Waals surface area contributed by atoms with E-state index in [0.717, 1.165) is 28.8 Å². The van der Waals surface area contributed by atoms with Gasteiger partial charge in [0.05, 0.1) is 17.4 Å². The number of carbonyl (C=O) groups excluding carboxylic acids is 1. The van der Waals surface area contributed by atoms with E-state index in [-0.39, 0.29) is 11.9 Å². The molecule has 33 heavy (non-hydrogen) atoms. The van der Waals surface area contributed by atoms with Crippen molar-refractivity contribution in [3.63, 3.8) is 0 Å². The van der Waals surface area contributed by atoms with Crippen LogP contribution in [0.15, 0.2) is 91.6 Å². The second-order valence-electron chi connectivity index (χ2n) is 8.30. The molecule has 1 amide bonds. The van der Waals surface area contributed by atoms with Gasteiger partial charge in [0.2, 0.25) is 0 Å². The van der Waals surface area contributed by atoms with Gasteiger partial charge in [-0.2, -0.15) is 0 Å². The molecule has 0 saturated carbocycles. The Morgan fingerprint density at radius 2 is 1.91 bits per heavy atom. The Kier molecular flexibility index (Phi) is 5.72. The SMILES string of the molecule is Cc1cccc(-n2cnc3cc(C(=O)NC(Cc4ccccc4)Cc4cnc[nH]4)ccc32)c1. The van der Waals surface area contributed by atoms with Crippen molar-refractivity contribution >= 4 is 16.9 Å². The molecular weight excluding hydrogens is 410 g/mol. The van der Waals surface area contributed by atoms with Gasteiger partial charge >= 0.3 is 0 Å². The Morgan fingerprint density at radius 1 is 1.03 bits per heavy atom. The summed E-state index contributed by atoms with van der Waals surface area (Å²) in [6.45, 7) is 2.07. The van der Waals surface area contributed by atoms with E-state index in [1.165, 1.54) is 11.1 Å². The quantitative estimate of drug-likeness (QED) is 0.391. The number of hydrogen-bond donors (Lipinski definition) is 2. The molecular formula is C27H25N5O. The molecule has 2 aromatic heterocycles. The number of aryl methyl sites for hydroxylation is 1. The van der Waals surface area contributed by atoms with Gasteiger partial charge in [0.25, 0.3) is 5.91 Å².